The number of likely N-dealkylation sites (N-methyl/N-ethyl adjacent to an activating group) is 1. The van der Waals surface area contributed by atoms with E-state index in [-0.39, 0.29) is 31.6 Å². The van der Waals surface area contributed by atoms with E-state index in [1.54, 1.807) is 7.05 Å². The molecule has 1 saturated carbocycles. The van der Waals surface area contributed by atoms with Crippen LogP contribution in [-0.2, 0) is 18.9 Å². The lowest BCUT2D eigenvalue weighted by Gasteiger charge is -2.48. The van der Waals surface area contributed by atoms with Crippen LogP contribution in [0.4, 0.5) is 0 Å². The van der Waals surface area contributed by atoms with Gasteiger partial charge in [-0.3, -0.25) is 4.99 Å². The van der Waals surface area contributed by atoms with E-state index in [0.29, 0.717) is 25.9 Å². The van der Waals surface area contributed by atoms with Crippen LogP contribution in [0.3, 0.4) is 0 Å². The second-order valence-electron chi connectivity index (χ2n) is 11.0. The van der Waals surface area contributed by atoms with Crippen molar-refractivity contribution in [1.29, 1.82) is 0 Å². The molecule has 234 valence electrons. The molecule has 0 bridgehead atoms. The quantitative estimate of drug-likeness (QED) is 0.0583. The van der Waals surface area contributed by atoms with E-state index in [9.17, 15) is 25.5 Å². The van der Waals surface area contributed by atoms with Crippen molar-refractivity contribution in [2.45, 2.75) is 105 Å². The van der Waals surface area contributed by atoms with Gasteiger partial charge in [-0.1, -0.05) is 0 Å². The van der Waals surface area contributed by atoms with Crippen molar-refractivity contribution in [3.63, 3.8) is 0 Å². The molecule has 0 aromatic rings. The van der Waals surface area contributed by atoms with Crippen molar-refractivity contribution >= 4 is 5.84 Å². The first-order valence-electron chi connectivity index (χ1n) is 13.7. The Morgan fingerprint density at radius 2 is 1.80 bits per heavy atom. The number of amidine groups is 1. The highest BCUT2D eigenvalue weighted by molar-refractivity contribution is 5.84. The highest BCUT2D eigenvalue weighted by Crippen LogP contribution is 2.33. The number of aliphatic imine (C=N–C) groups is 1. The summed E-state index contributed by atoms with van der Waals surface area (Å²) in [6, 6.07) is -2.99. The number of ether oxygens (including phenoxy) is 4. The molecule has 0 aromatic heterocycles. The fourth-order valence-electron chi connectivity index (χ4n) is 5.44. The summed E-state index contributed by atoms with van der Waals surface area (Å²) in [5.41, 5.74) is 17.2. The predicted octanol–water partition coefficient (Wildman–Crippen LogP) is -5.60. The second kappa shape index (κ2) is 14.9. The molecule has 3 fully saturated rings. The standard InChI is InChI=1S/C24H48N6O10/c1-24(36)10-37-23(17(35)20(24)28-2)40-19-14(30-21(27)15(33)9-32)7-13(26)18(16(19)34)39-22-12(25)4-3-11(38-22)8-29-5-6-31/h11-20,22-23,28-29,31-36H,3-10,25-26H2,1-2H3,(H2,27,30)/t11-,12?,13-,14+,15?,16?,17?,18?,19?,20+,22+,23+,24?/m0/s1. The van der Waals surface area contributed by atoms with E-state index >= 15 is 0 Å². The fourth-order valence-corrected chi connectivity index (χ4v) is 5.44. The monoisotopic (exact) mass is 580 g/mol. The third-order valence-corrected chi connectivity index (χ3v) is 7.70. The Morgan fingerprint density at radius 3 is 2.45 bits per heavy atom. The average Bonchev–Trinajstić information content (AvgIpc) is 2.91. The summed E-state index contributed by atoms with van der Waals surface area (Å²) in [7, 11) is 1.58. The molecule has 3 aliphatic rings. The summed E-state index contributed by atoms with van der Waals surface area (Å²) in [4.78, 5) is 4.27. The minimum Gasteiger partial charge on any atom is -0.395 e. The van der Waals surface area contributed by atoms with Gasteiger partial charge >= 0.3 is 0 Å². The number of nitrogens with two attached hydrogens (primary N) is 3. The maximum absolute atomic E-state index is 11.5. The summed E-state index contributed by atoms with van der Waals surface area (Å²) >= 11 is 0. The van der Waals surface area contributed by atoms with Crippen molar-refractivity contribution < 1.29 is 49.6 Å². The Bertz CT molecular complexity index is 812. The third-order valence-electron chi connectivity index (χ3n) is 7.70. The van der Waals surface area contributed by atoms with E-state index in [2.05, 4.69) is 15.6 Å². The van der Waals surface area contributed by atoms with Gasteiger partial charge in [-0.2, -0.15) is 0 Å². The minimum absolute atomic E-state index is 0.00776. The van der Waals surface area contributed by atoms with Gasteiger partial charge in [0, 0.05) is 19.1 Å². The number of rotatable bonds is 12. The van der Waals surface area contributed by atoms with Crippen molar-refractivity contribution in [2.75, 3.05) is 40.0 Å². The van der Waals surface area contributed by atoms with Gasteiger partial charge < -0.3 is 77.4 Å². The van der Waals surface area contributed by atoms with Gasteiger partial charge in [-0.05, 0) is 33.2 Å². The Balaban J connectivity index is 1.81. The summed E-state index contributed by atoms with van der Waals surface area (Å²) in [5.74, 6) is -0.281. The summed E-state index contributed by atoms with van der Waals surface area (Å²) in [6.45, 7) is 1.56. The van der Waals surface area contributed by atoms with E-state index in [1.165, 1.54) is 6.92 Å². The molecule has 1 aliphatic carbocycles. The molecule has 2 heterocycles. The van der Waals surface area contributed by atoms with Crippen LogP contribution < -0.4 is 27.8 Å². The lowest BCUT2D eigenvalue weighted by Crippen LogP contribution is -2.67. The van der Waals surface area contributed by atoms with Crippen LogP contribution in [0.1, 0.15) is 26.2 Å². The molecule has 16 nitrogen and oxygen atoms in total. The molecule has 40 heavy (non-hydrogen) atoms. The highest BCUT2D eigenvalue weighted by atomic mass is 16.7. The van der Waals surface area contributed by atoms with Crippen LogP contribution >= 0.6 is 0 Å². The van der Waals surface area contributed by atoms with Gasteiger partial charge in [0.1, 0.15) is 42.0 Å². The zero-order valence-electron chi connectivity index (χ0n) is 23.1. The zero-order chi connectivity index (χ0) is 29.6. The van der Waals surface area contributed by atoms with Crippen LogP contribution in [0.15, 0.2) is 4.99 Å². The maximum atomic E-state index is 11.5. The van der Waals surface area contributed by atoms with Gasteiger partial charge in [0.25, 0.3) is 0 Å². The zero-order valence-corrected chi connectivity index (χ0v) is 23.1. The smallest absolute Gasteiger partial charge is 0.185 e. The third kappa shape index (κ3) is 8.05. The van der Waals surface area contributed by atoms with Gasteiger partial charge in [-0.15, -0.1) is 0 Å². The fraction of sp³-hybridized carbons (Fsp3) is 0.958. The van der Waals surface area contributed by atoms with Crippen LogP contribution in [0, 0.1) is 0 Å². The van der Waals surface area contributed by atoms with Crippen LogP contribution in [0.5, 0.6) is 0 Å². The van der Waals surface area contributed by atoms with Crippen molar-refractivity contribution in [3.05, 3.63) is 0 Å². The van der Waals surface area contributed by atoms with Crippen LogP contribution in [-0.4, -0.2) is 155 Å². The average molecular weight is 581 g/mol. The number of nitrogens with one attached hydrogen (secondary N) is 2. The molecule has 14 N–H and O–H groups in total. The van der Waals surface area contributed by atoms with E-state index in [0.717, 1.165) is 0 Å². The van der Waals surface area contributed by atoms with Gasteiger partial charge in [0.15, 0.2) is 12.6 Å². The molecule has 3 rings (SSSR count). The molecule has 2 saturated heterocycles. The van der Waals surface area contributed by atoms with E-state index in [1.807, 2.05) is 0 Å². The first-order chi connectivity index (χ1) is 18.9. The van der Waals surface area contributed by atoms with Gasteiger partial charge in [0.2, 0.25) is 0 Å². The lowest BCUT2D eigenvalue weighted by molar-refractivity contribution is -0.306. The van der Waals surface area contributed by atoms with Crippen molar-refractivity contribution in [2.24, 2.45) is 22.2 Å². The molecule has 0 aromatic carbocycles. The summed E-state index contributed by atoms with van der Waals surface area (Å²) < 4.78 is 23.9. The van der Waals surface area contributed by atoms with Crippen molar-refractivity contribution in [1.82, 2.24) is 10.6 Å². The molecule has 7 unspecified atom stereocenters. The topological polar surface area (TPSA) is 273 Å². The van der Waals surface area contributed by atoms with Crippen LogP contribution in [0.25, 0.3) is 0 Å². The maximum Gasteiger partial charge on any atom is 0.185 e. The second-order valence-corrected chi connectivity index (χ2v) is 11.0. The molecule has 16 heteroatoms. The molecule has 13 atom stereocenters. The van der Waals surface area contributed by atoms with E-state index in [4.69, 9.17) is 41.3 Å². The number of hydrogen-bond acceptors (Lipinski definition) is 15. The number of aliphatic hydroxyl groups is 6. The van der Waals surface area contributed by atoms with Gasteiger partial charge in [0.05, 0.1) is 44.1 Å². The number of hydrogen-bond donors (Lipinski definition) is 11. The first kappa shape index (κ1) is 33.4. The molecule has 0 spiro atoms. The SMILES string of the molecule is CN[C@@H]1C(O)[C@@H](OC2C(O)C(O[C@H]3O[C@H](CNCCO)CCC3N)[C@@H](N)C[C@H]2N=C(N)C(O)CO)OCC1(C)O. The summed E-state index contributed by atoms with van der Waals surface area (Å²) in [5, 5.41) is 67.2. The van der Waals surface area contributed by atoms with Crippen LogP contribution in [0.2, 0.25) is 0 Å². The Morgan fingerprint density at radius 1 is 1.10 bits per heavy atom. The van der Waals surface area contributed by atoms with E-state index < -0.39 is 79.5 Å². The normalized spacial score (nSPS) is 44.0. The largest absolute Gasteiger partial charge is 0.395 e. The summed E-state index contributed by atoms with van der Waals surface area (Å²) in [6.07, 6.45) is -7.42. The molecule has 0 amide bonds. The minimum atomic E-state index is -1.44. The molecular formula is C24H48N6O10. The molecule has 0 radical (unpaired) electrons. The first-order valence-corrected chi connectivity index (χ1v) is 13.7. The Labute approximate surface area is 233 Å². The Kier molecular flexibility index (Phi) is 12.4. The Hall–Kier alpha value is -1.09. The number of aliphatic hydroxyl groups excluding tert-OH is 5. The highest BCUT2D eigenvalue weighted by Gasteiger charge is 2.51. The molecule has 2 aliphatic heterocycles. The lowest BCUT2D eigenvalue weighted by atomic mass is 9.83. The molecular weight excluding hydrogens is 532 g/mol. The predicted molar refractivity (Wildman–Crippen MR) is 142 cm³/mol. The van der Waals surface area contributed by atoms with Gasteiger partial charge in [-0.25, -0.2) is 0 Å². The van der Waals surface area contributed by atoms with Crippen molar-refractivity contribution in [3.8, 4) is 0 Å². The number of nitrogens with zero attached hydrogens (tertiary/aromatic N) is 1.